The Morgan fingerprint density at radius 3 is 2.82 bits per heavy atom. The number of alkyl halides is 1. The van der Waals surface area contributed by atoms with Gasteiger partial charge in [-0.15, -0.1) is 0 Å². The van der Waals surface area contributed by atoms with E-state index in [4.69, 9.17) is 11.6 Å². The molecule has 0 amide bonds. The summed E-state index contributed by atoms with van der Waals surface area (Å²) in [6, 6.07) is 3.34. The minimum absolute atomic E-state index is 0.00633. The van der Waals surface area contributed by atoms with E-state index in [9.17, 15) is 19.3 Å². The molecule has 0 heterocycles. The van der Waals surface area contributed by atoms with Crippen molar-refractivity contribution in [3.8, 4) is 0 Å². The zero-order chi connectivity index (χ0) is 13.0. The van der Waals surface area contributed by atoms with E-state index in [1.165, 1.54) is 13.0 Å². The Hall–Kier alpha value is -1.69. The van der Waals surface area contributed by atoms with Gasteiger partial charge in [0.15, 0.2) is 0 Å². The third-order valence-electron chi connectivity index (χ3n) is 1.95. The molecule has 0 spiro atoms. The summed E-state index contributed by atoms with van der Waals surface area (Å²) in [4.78, 5) is 21.0. The summed E-state index contributed by atoms with van der Waals surface area (Å²) in [5, 5.41) is 10.8. The molecule has 0 saturated heterocycles. The quantitative estimate of drug-likeness (QED) is 0.475. The maximum atomic E-state index is 13.7. The van der Waals surface area contributed by atoms with Crippen LogP contribution in [0.2, 0.25) is 5.02 Å². The standard InChI is InChI=1S/C10H9ClFNO4/c1-2-17-10(14)9(12)7-5-6(11)3-4-8(7)13(15)16/h3-5,9H,2H2,1H3. The number of carbonyl (C=O) groups excluding carboxylic acids is 1. The number of benzene rings is 1. The number of nitro benzene ring substituents is 1. The molecule has 92 valence electrons. The lowest BCUT2D eigenvalue weighted by Crippen LogP contribution is -2.13. The average Bonchev–Trinajstić information content (AvgIpc) is 2.27. The molecule has 0 saturated carbocycles. The van der Waals surface area contributed by atoms with Crippen LogP contribution in [0, 0.1) is 10.1 Å². The van der Waals surface area contributed by atoms with E-state index in [0.29, 0.717) is 0 Å². The molecule has 0 aliphatic heterocycles. The maximum Gasteiger partial charge on any atom is 0.345 e. The van der Waals surface area contributed by atoms with Gasteiger partial charge in [0, 0.05) is 11.1 Å². The minimum atomic E-state index is -2.21. The van der Waals surface area contributed by atoms with Crippen LogP contribution in [0.15, 0.2) is 18.2 Å². The van der Waals surface area contributed by atoms with Gasteiger partial charge in [0.1, 0.15) is 0 Å². The third kappa shape index (κ3) is 3.13. The second-order valence-corrected chi connectivity index (χ2v) is 3.51. The first kappa shape index (κ1) is 13.4. The molecule has 0 N–H and O–H groups in total. The van der Waals surface area contributed by atoms with Gasteiger partial charge in [-0.3, -0.25) is 10.1 Å². The topological polar surface area (TPSA) is 69.4 Å². The highest BCUT2D eigenvalue weighted by molar-refractivity contribution is 6.30. The largest absolute Gasteiger partial charge is 0.464 e. The zero-order valence-electron chi connectivity index (χ0n) is 8.85. The van der Waals surface area contributed by atoms with Gasteiger partial charge in [0.2, 0.25) is 6.17 Å². The summed E-state index contributed by atoms with van der Waals surface area (Å²) >= 11 is 5.61. The van der Waals surface area contributed by atoms with Crippen molar-refractivity contribution in [1.29, 1.82) is 0 Å². The number of hydrogen-bond acceptors (Lipinski definition) is 4. The van der Waals surface area contributed by atoms with Crippen LogP contribution in [0.4, 0.5) is 10.1 Å². The molecule has 1 rings (SSSR count). The fourth-order valence-electron chi connectivity index (χ4n) is 1.24. The van der Waals surface area contributed by atoms with Gasteiger partial charge in [0.05, 0.1) is 17.1 Å². The Morgan fingerprint density at radius 1 is 1.65 bits per heavy atom. The van der Waals surface area contributed by atoms with Crippen molar-refractivity contribution >= 4 is 23.3 Å². The van der Waals surface area contributed by atoms with Gasteiger partial charge in [-0.25, -0.2) is 9.18 Å². The van der Waals surface area contributed by atoms with Crippen LogP contribution in [-0.4, -0.2) is 17.5 Å². The molecule has 17 heavy (non-hydrogen) atoms. The number of ether oxygens (including phenoxy) is 1. The van der Waals surface area contributed by atoms with Gasteiger partial charge in [-0.05, 0) is 19.1 Å². The molecule has 5 nitrogen and oxygen atoms in total. The predicted molar refractivity (Wildman–Crippen MR) is 58.6 cm³/mol. The molecule has 0 fully saturated rings. The maximum absolute atomic E-state index is 13.7. The van der Waals surface area contributed by atoms with E-state index in [1.54, 1.807) is 0 Å². The van der Waals surface area contributed by atoms with Crippen LogP contribution < -0.4 is 0 Å². The fourth-order valence-corrected chi connectivity index (χ4v) is 1.42. The lowest BCUT2D eigenvalue weighted by atomic mass is 10.1. The van der Waals surface area contributed by atoms with Crippen molar-refractivity contribution in [3.05, 3.63) is 38.9 Å². The normalized spacial score (nSPS) is 11.9. The van der Waals surface area contributed by atoms with Crippen LogP contribution in [0.5, 0.6) is 0 Å². The van der Waals surface area contributed by atoms with E-state index in [-0.39, 0.29) is 11.6 Å². The van der Waals surface area contributed by atoms with Gasteiger partial charge in [-0.2, -0.15) is 0 Å². The first-order valence-corrected chi connectivity index (χ1v) is 5.09. The summed E-state index contributed by atoms with van der Waals surface area (Å²) in [5.41, 5.74) is -0.907. The fraction of sp³-hybridized carbons (Fsp3) is 0.300. The molecule has 7 heteroatoms. The third-order valence-corrected chi connectivity index (χ3v) is 2.19. The number of esters is 1. The van der Waals surface area contributed by atoms with E-state index >= 15 is 0 Å². The molecule has 0 aromatic heterocycles. The van der Waals surface area contributed by atoms with Gasteiger partial charge in [-0.1, -0.05) is 11.6 Å². The Kier molecular flexibility index (Phi) is 4.39. The van der Waals surface area contributed by atoms with Gasteiger partial charge < -0.3 is 4.74 Å². The van der Waals surface area contributed by atoms with Crippen LogP contribution in [0.3, 0.4) is 0 Å². The van der Waals surface area contributed by atoms with E-state index in [0.717, 1.165) is 12.1 Å². The van der Waals surface area contributed by atoms with Crippen LogP contribution in [0.1, 0.15) is 18.7 Å². The Morgan fingerprint density at radius 2 is 2.29 bits per heavy atom. The summed E-state index contributed by atoms with van der Waals surface area (Å²) in [7, 11) is 0. The Balaban J connectivity index is 3.14. The molecule has 1 unspecified atom stereocenters. The van der Waals surface area contributed by atoms with Crippen molar-refractivity contribution in [2.45, 2.75) is 13.1 Å². The van der Waals surface area contributed by atoms with Gasteiger partial charge in [0.25, 0.3) is 5.69 Å². The second kappa shape index (κ2) is 5.58. The van der Waals surface area contributed by atoms with Crippen molar-refractivity contribution in [2.75, 3.05) is 6.61 Å². The summed E-state index contributed by atoms with van der Waals surface area (Å²) in [6.45, 7) is 1.50. The number of nitro groups is 1. The highest BCUT2D eigenvalue weighted by Crippen LogP contribution is 2.31. The van der Waals surface area contributed by atoms with Gasteiger partial charge >= 0.3 is 5.97 Å². The highest BCUT2D eigenvalue weighted by Gasteiger charge is 2.29. The zero-order valence-corrected chi connectivity index (χ0v) is 9.61. The van der Waals surface area contributed by atoms with Crippen molar-refractivity contribution < 1.29 is 18.8 Å². The number of halogens is 2. The van der Waals surface area contributed by atoms with Crippen molar-refractivity contribution in [2.24, 2.45) is 0 Å². The first-order valence-electron chi connectivity index (χ1n) is 4.72. The smallest absolute Gasteiger partial charge is 0.345 e. The monoisotopic (exact) mass is 261 g/mol. The number of nitrogens with zero attached hydrogens (tertiary/aromatic N) is 1. The summed E-state index contributed by atoms with van der Waals surface area (Å²) in [6.07, 6.45) is -2.21. The Bertz CT molecular complexity index is 452. The van der Waals surface area contributed by atoms with E-state index < -0.39 is 28.3 Å². The molecule has 1 aromatic rings. The predicted octanol–water partition coefficient (Wildman–Crippen LogP) is 2.82. The lowest BCUT2D eigenvalue weighted by Gasteiger charge is -2.08. The molecule has 0 aliphatic carbocycles. The SMILES string of the molecule is CCOC(=O)C(F)c1cc(Cl)ccc1[N+](=O)[O-]. The molecule has 0 aliphatic rings. The molecule has 1 aromatic carbocycles. The molecular formula is C10H9ClFNO4. The van der Waals surface area contributed by atoms with Crippen LogP contribution in [-0.2, 0) is 9.53 Å². The van der Waals surface area contributed by atoms with Crippen LogP contribution in [0.25, 0.3) is 0 Å². The number of carbonyl (C=O) groups is 1. The molecule has 0 bridgehead atoms. The Labute approximate surface area is 101 Å². The second-order valence-electron chi connectivity index (χ2n) is 3.07. The summed E-state index contributed by atoms with van der Waals surface area (Å²) in [5.74, 6) is -1.17. The average molecular weight is 262 g/mol. The lowest BCUT2D eigenvalue weighted by molar-refractivity contribution is -0.385. The van der Waals surface area contributed by atoms with E-state index in [1.807, 2.05) is 0 Å². The summed E-state index contributed by atoms with van der Waals surface area (Å²) < 4.78 is 18.1. The molecule has 1 atom stereocenters. The highest BCUT2D eigenvalue weighted by atomic mass is 35.5. The molecule has 0 radical (unpaired) electrons. The van der Waals surface area contributed by atoms with Crippen molar-refractivity contribution in [3.63, 3.8) is 0 Å². The number of hydrogen-bond donors (Lipinski definition) is 0. The first-order chi connectivity index (χ1) is 7.97. The number of rotatable bonds is 4. The van der Waals surface area contributed by atoms with Crippen LogP contribution >= 0.6 is 11.6 Å². The minimum Gasteiger partial charge on any atom is -0.464 e. The van der Waals surface area contributed by atoms with E-state index in [2.05, 4.69) is 4.74 Å². The van der Waals surface area contributed by atoms with Crippen molar-refractivity contribution in [1.82, 2.24) is 0 Å². The molecular weight excluding hydrogens is 253 g/mol.